The SMILES string of the molecule is CCOc1ccc(SCC(=O)COc2ccc(C)cc2)cc1C. The number of thioether (sulfide) groups is 1. The van der Waals surface area contributed by atoms with Crippen LogP contribution in [0.4, 0.5) is 0 Å². The Bertz CT molecular complexity index is 650. The summed E-state index contributed by atoms with van der Waals surface area (Å²) in [6.45, 7) is 6.75. The number of rotatable bonds is 8. The molecule has 122 valence electrons. The average Bonchev–Trinajstić information content (AvgIpc) is 2.55. The van der Waals surface area contributed by atoms with Crippen molar-refractivity contribution in [3.05, 3.63) is 53.6 Å². The van der Waals surface area contributed by atoms with Crippen molar-refractivity contribution in [3.63, 3.8) is 0 Å². The van der Waals surface area contributed by atoms with Crippen LogP contribution in [0.15, 0.2) is 47.4 Å². The second-order valence-electron chi connectivity index (χ2n) is 5.29. The Labute approximate surface area is 142 Å². The van der Waals surface area contributed by atoms with Crippen LogP contribution in [0.3, 0.4) is 0 Å². The normalized spacial score (nSPS) is 10.4. The van der Waals surface area contributed by atoms with Gasteiger partial charge in [0.1, 0.15) is 18.1 Å². The summed E-state index contributed by atoms with van der Waals surface area (Å²) in [5, 5.41) is 0. The van der Waals surface area contributed by atoms with Gasteiger partial charge in [-0.15, -0.1) is 11.8 Å². The molecule has 0 unspecified atom stereocenters. The molecule has 0 heterocycles. The highest BCUT2D eigenvalue weighted by molar-refractivity contribution is 8.00. The monoisotopic (exact) mass is 330 g/mol. The highest BCUT2D eigenvalue weighted by atomic mass is 32.2. The largest absolute Gasteiger partial charge is 0.494 e. The fourth-order valence-electron chi connectivity index (χ4n) is 2.03. The lowest BCUT2D eigenvalue weighted by Crippen LogP contribution is -2.13. The molecule has 0 bridgehead atoms. The van der Waals surface area contributed by atoms with E-state index in [1.807, 2.05) is 63.2 Å². The first-order chi connectivity index (χ1) is 11.1. The number of benzene rings is 2. The molecule has 2 rings (SSSR count). The summed E-state index contributed by atoms with van der Waals surface area (Å²) in [7, 11) is 0. The molecule has 4 heteroatoms. The highest BCUT2D eigenvalue weighted by Crippen LogP contribution is 2.25. The molecular formula is C19H22O3S. The van der Waals surface area contributed by atoms with Crippen LogP contribution in [0.2, 0.25) is 0 Å². The molecule has 0 aliphatic rings. The Morgan fingerprint density at radius 2 is 1.78 bits per heavy atom. The maximum Gasteiger partial charge on any atom is 0.180 e. The molecular weight excluding hydrogens is 308 g/mol. The second kappa shape index (κ2) is 8.63. The summed E-state index contributed by atoms with van der Waals surface area (Å²) in [5.41, 5.74) is 2.25. The van der Waals surface area contributed by atoms with Crippen LogP contribution in [-0.2, 0) is 4.79 Å². The summed E-state index contributed by atoms with van der Waals surface area (Å²) >= 11 is 1.52. The van der Waals surface area contributed by atoms with Crippen molar-refractivity contribution in [2.24, 2.45) is 0 Å². The van der Waals surface area contributed by atoms with Crippen LogP contribution in [0, 0.1) is 13.8 Å². The van der Waals surface area contributed by atoms with Crippen molar-refractivity contribution < 1.29 is 14.3 Å². The van der Waals surface area contributed by atoms with Gasteiger partial charge in [-0.2, -0.15) is 0 Å². The third-order valence-electron chi connectivity index (χ3n) is 3.27. The molecule has 0 radical (unpaired) electrons. The summed E-state index contributed by atoms with van der Waals surface area (Å²) in [5.74, 6) is 2.10. The Balaban J connectivity index is 1.80. The lowest BCUT2D eigenvalue weighted by Gasteiger charge is -2.09. The third kappa shape index (κ3) is 5.64. The van der Waals surface area contributed by atoms with Gasteiger partial charge in [0.25, 0.3) is 0 Å². The van der Waals surface area contributed by atoms with E-state index in [1.165, 1.54) is 17.3 Å². The van der Waals surface area contributed by atoms with Gasteiger partial charge in [-0.1, -0.05) is 17.7 Å². The van der Waals surface area contributed by atoms with E-state index in [9.17, 15) is 4.79 Å². The Hall–Kier alpha value is -1.94. The zero-order chi connectivity index (χ0) is 16.7. The summed E-state index contributed by atoms with van der Waals surface area (Å²) in [6, 6.07) is 13.7. The maximum atomic E-state index is 11.9. The van der Waals surface area contributed by atoms with Crippen molar-refractivity contribution in [1.29, 1.82) is 0 Å². The lowest BCUT2D eigenvalue weighted by molar-refractivity contribution is -0.118. The van der Waals surface area contributed by atoms with Gasteiger partial charge in [-0.3, -0.25) is 4.79 Å². The molecule has 0 amide bonds. The summed E-state index contributed by atoms with van der Waals surface area (Å²) < 4.78 is 11.0. The number of carbonyl (C=O) groups excluding carboxylic acids is 1. The number of ketones is 1. The van der Waals surface area contributed by atoms with Gasteiger partial charge in [-0.25, -0.2) is 0 Å². The van der Waals surface area contributed by atoms with Gasteiger partial charge >= 0.3 is 0 Å². The van der Waals surface area contributed by atoms with Gasteiger partial charge < -0.3 is 9.47 Å². The van der Waals surface area contributed by atoms with E-state index in [-0.39, 0.29) is 12.4 Å². The fourth-order valence-corrected chi connectivity index (χ4v) is 2.87. The van der Waals surface area contributed by atoms with Crippen molar-refractivity contribution in [1.82, 2.24) is 0 Å². The molecule has 0 N–H and O–H groups in total. The molecule has 23 heavy (non-hydrogen) atoms. The Morgan fingerprint density at radius 3 is 2.43 bits per heavy atom. The molecule has 0 saturated carbocycles. The molecule has 2 aromatic rings. The van der Waals surface area contributed by atoms with Crippen LogP contribution < -0.4 is 9.47 Å². The Morgan fingerprint density at radius 1 is 1.04 bits per heavy atom. The minimum Gasteiger partial charge on any atom is -0.494 e. The first-order valence-electron chi connectivity index (χ1n) is 7.66. The number of Topliss-reactive ketones (excluding diaryl/α,β-unsaturated/α-hetero) is 1. The van der Waals surface area contributed by atoms with Crippen LogP contribution in [0.5, 0.6) is 11.5 Å². The molecule has 0 atom stereocenters. The molecule has 2 aromatic carbocycles. The highest BCUT2D eigenvalue weighted by Gasteiger charge is 2.06. The van der Waals surface area contributed by atoms with Gasteiger partial charge in [0, 0.05) is 4.90 Å². The molecule has 0 fully saturated rings. The zero-order valence-corrected chi connectivity index (χ0v) is 14.6. The number of carbonyl (C=O) groups is 1. The average molecular weight is 330 g/mol. The van der Waals surface area contributed by atoms with Crippen LogP contribution in [0.1, 0.15) is 18.1 Å². The number of aryl methyl sites for hydroxylation is 2. The summed E-state index contributed by atoms with van der Waals surface area (Å²) in [4.78, 5) is 13.0. The minimum absolute atomic E-state index is 0.0714. The van der Waals surface area contributed by atoms with E-state index in [1.54, 1.807) is 0 Å². The standard InChI is InChI=1S/C19H22O3S/c1-4-21-19-10-9-18(11-15(19)3)23-13-16(20)12-22-17-7-5-14(2)6-8-17/h5-11H,4,12-13H2,1-3H3. The lowest BCUT2D eigenvalue weighted by atomic mass is 10.2. The van der Waals surface area contributed by atoms with Crippen molar-refractivity contribution >= 4 is 17.5 Å². The van der Waals surface area contributed by atoms with Gasteiger partial charge in [0.2, 0.25) is 0 Å². The first-order valence-corrected chi connectivity index (χ1v) is 8.64. The minimum atomic E-state index is 0.0714. The van der Waals surface area contributed by atoms with Crippen molar-refractivity contribution in [3.8, 4) is 11.5 Å². The topological polar surface area (TPSA) is 35.5 Å². The maximum absolute atomic E-state index is 11.9. The van der Waals surface area contributed by atoms with E-state index in [0.717, 1.165) is 22.0 Å². The third-order valence-corrected chi connectivity index (χ3v) is 4.32. The van der Waals surface area contributed by atoms with E-state index in [4.69, 9.17) is 9.47 Å². The number of ether oxygens (including phenoxy) is 2. The predicted molar refractivity (Wildman–Crippen MR) is 94.8 cm³/mol. The van der Waals surface area contributed by atoms with Gasteiger partial charge in [0.05, 0.1) is 12.4 Å². The number of hydrogen-bond donors (Lipinski definition) is 0. The predicted octanol–water partition coefficient (Wildman–Crippen LogP) is 4.44. The van der Waals surface area contributed by atoms with Crippen molar-refractivity contribution in [2.75, 3.05) is 19.0 Å². The fraction of sp³-hybridized carbons (Fsp3) is 0.316. The summed E-state index contributed by atoms with van der Waals surface area (Å²) in [6.07, 6.45) is 0. The zero-order valence-electron chi connectivity index (χ0n) is 13.8. The molecule has 0 saturated heterocycles. The quantitative estimate of drug-likeness (QED) is 0.670. The van der Waals surface area contributed by atoms with Gasteiger partial charge in [0.15, 0.2) is 5.78 Å². The van der Waals surface area contributed by atoms with E-state index in [0.29, 0.717) is 12.4 Å². The molecule has 0 aliphatic carbocycles. The first kappa shape index (κ1) is 17.4. The molecule has 0 aliphatic heterocycles. The Kier molecular flexibility index (Phi) is 6.53. The van der Waals surface area contributed by atoms with Crippen LogP contribution >= 0.6 is 11.8 Å². The van der Waals surface area contributed by atoms with E-state index in [2.05, 4.69) is 0 Å². The van der Waals surface area contributed by atoms with Gasteiger partial charge in [-0.05, 0) is 56.7 Å². The van der Waals surface area contributed by atoms with Crippen LogP contribution in [-0.4, -0.2) is 24.7 Å². The molecule has 3 nitrogen and oxygen atoms in total. The number of hydrogen-bond acceptors (Lipinski definition) is 4. The smallest absolute Gasteiger partial charge is 0.180 e. The van der Waals surface area contributed by atoms with E-state index < -0.39 is 0 Å². The van der Waals surface area contributed by atoms with Crippen LogP contribution in [0.25, 0.3) is 0 Å². The second-order valence-corrected chi connectivity index (χ2v) is 6.34. The van der Waals surface area contributed by atoms with Crippen molar-refractivity contribution in [2.45, 2.75) is 25.7 Å². The van der Waals surface area contributed by atoms with E-state index >= 15 is 0 Å². The molecule has 0 aromatic heterocycles. The molecule has 0 spiro atoms.